The average Bonchev–Trinajstić information content (AvgIpc) is 2.96. The summed E-state index contributed by atoms with van der Waals surface area (Å²) in [5.74, 6) is -0.820. The number of amides is 1. The average molecular weight is 409 g/mol. The van der Waals surface area contributed by atoms with E-state index in [1.54, 1.807) is 13.0 Å². The Hall–Kier alpha value is -2.78. The Morgan fingerprint density at radius 3 is 2.48 bits per heavy atom. The molecule has 3 aromatic rings. The van der Waals surface area contributed by atoms with E-state index in [4.69, 9.17) is 11.6 Å². The second-order valence-electron chi connectivity index (χ2n) is 5.84. The highest BCUT2D eigenvalue weighted by atomic mass is 35.5. The first kappa shape index (κ1) is 19.0. The maximum Gasteiger partial charge on any atom is 0.257 e. The Kier molecular flexibility index (Phi) is 4.99. The lowest BCUT2D eigenvalue weighted by molar-refractivity contribution is 0.102. The maximum atomic E-state index is 13.0. The molecule has 0 fully saturated rings. The van der Waals surface area contributed by atoms with Crippen LogP contribution in [0.1, 0.15) is 16.1 Å². The number of anilines is 1. The van der Waals surface area contributed by atoms with Crippen LogP contribution in [0.3, 0.4) is 0 Å². The van der Waals surface area contributed by atoms with Crippen molar-refractivity contribution >= 4 is 33.0 Å². The molecule has 0 saturated heterocycles. The number of halogens is 2. The molecule has 0 radical (unpaired) electrons. The molecular formula is C17H14ClFN4O3S. The van der Waals surface area contributed by atoms with Gasteiger partial charge in [-0.15, -0.1) is 0 Å². The van der Waals surface area contributed by atoms with Crippen LogP contribution in [-0.2, 0) is 9.84 Å². The molecule has 3 rings (SSSR count). The monoisotopic (exact) mass is 408 g/mol. The molecule has 2 heterocycles. The summed E-state index contributed by atoms with van der Waals surface area (Å²) in [5, 5.41) is 2.79. The second-order valence-corrected chi connectivity index (χ2v) is 8.30. The molecule has 1 amide bonds. The van der Waals surface area contributed by atoms with Gasteiger partial charge in [-0.25, -0.2) is 22.8 Å². The third kappa shape index (κ3) is 4.32. The number of carbonyl (C=O) groups is 1. The summed E-state index contributed by atoms with van der Waals surface area (Å²) >= 11 is 5.94. The quantitative estimate of drug-likeness (QED) is 0.716. The van der Waals surface area contributed by atoms with Crippen molar-refractivity contribution in [1.82, 2.24) is 14.5 Å². The number of rotatable bonds is 4. The first-order chi connectivity index (χ1) is 12.6. The minimum Gasteiger partial charge on any atom is -0.322 e. The Balaban J connectivity index is 1.89. The predicted molar refractivity (Wildman–Crippen MR) is 98.6 cm³/mol. The van der Waals surface area contributed by atoms with Gasteiger partial charge in [-0.1, -0.05) is 11.6 Å². The normalized spacial score (nSPS) is 11.4. The van der Waals surface area contributed by atoms with Gasteiger partial charge in [-0.2, -0.15) is 0 Å². The van der Waals surface area contributed by atoms with Gasteiger partial charge in [0.05, 0.1) is 22.9 Å². The fourth-order valence-electron chi connectivity index (χ4n) is 2.39. The molecule has 0 bridgehead atoms. The van der Waals surface area contributed by atoms with Gasteiger partial charge in [0.1, 0.15) is 0 Å². The van der Waals surface area contributed by atoms with Crippen LogP contribution in [0, 0.1) is 12.7 Å². The van der Waals surface area contributed by atoms with E-state index in [0.717, 1.165) is 18.6 Å². The van der Waals surface area contributed by atoms with E-state index < -0.39 is 21.6 Å². The summed E-state index contributed by atoms with van der Waals surface area (Å²) in [6, 6.07) is 5.68. The lowest BCUT2D eigenvalue weighted by Crippen LogP contribution is -2.12. The molecule has 140 valence electrons. The zero-order valence-electron chi connectivity index (χ0n) is 14.3. The lowest BCUT2D eigenvalue weighted by Gasteiger charge is -2.07. The predicted octanol–water partition coefficient (Wildman–Crippen LogP) is 3.02. The fraction of sp³-hybridized carbons (Fsp3) is 0.118. The maximum absolute atomic E-state index is 13.0. The molecule has 10 heteroatoms. The minimum absolute atomic E-state index is 0.00115. The smallest absolute Gasteiger partial charge is 0.257 e. The number of aromatic nitrogens is 3. The van der Waals surface area contributed by atoms with Crippen molar-refractivity contribution in [2.24, 2.45) is 0 Å². The first-order valence-electron chi connectivity index (χ1n) is 7.62. The Morgan fingerprint density at radius 2 is 1.85 bits per heavy atom. The van der Waals surface area contributed by atoms with Crippen LogP contribution in [0.25, 0.3) is 5.95 Å². The van der Waals surface area contributed by atoms with E-state index in [0.29, 0.717) is 11.3 Å². The number of nitrogens with zero attached hydrogens (tertiary/aromatic N) is 3. The van der Waals surface area contributed by atoms with Gasteiger partial charge in [0.2, 0.25) is 5.95 Å². The van der Waals surface area contributed by atoms with Crippen molar-refractivity contribution in [2.45, 2.75) is 11.8 Å². The molecule has 0 aliphatic rings. The molecule has 7 nitrogen and oxygen atoms in total. The first-order valence-corrected chi connectivity index (χ1v) is 9.89. The van der Waals surface area contributed by atoms with E-state index in [-0.39, 0.29) is 21.6 Å². The molecule has 27 heavy (non-hydrogen) atoms. The van der Waals surface area contributed by atoms with Crippen molar-refractivity contribution < 1.29 is 17.6 Å². The van der Waals surface area contributed by atoms with Crippen molar-refractivity contribution in [3.8, 4) is 5.95 Å². The van der Waals surface area contributed by atoms with Gasteiger partial charge in [-0.05, 0) is 31.2 Å². The van der Waals surface area contributed by atoms with E-state index >= 15 is 0 Å². The minimum atomic E-state index is -3.48. The highest BCUT2D eigenvalue weighted by molar-refractivity contribution is 7.90. The largest absolute Gasteiger partial charge is 0.322 e. The number of carbonyl (C=O) groups excluding carboxylic acids is 1. The van der Waals surface area contributed by atoms with E-state index in [1.165, 1.54) is 29.0 Å². The Bertz CT molecular complexity index is 1130. The molecule has 1 N–H and O–H groups in total. The highest BCUT2D eigenvalue weighted by Crippen LogP contribution is 2.23. The van der Waals surface area contributed by atoms with Gasteiger partial charge in [-0.3, -0.25) is 9.36 Å². The van der Waals surface area contributed by atoms with Crippen LogP contribution >= 0.6 is 11.6 Å². The molecule has 0 atom stereocenters. The molecule has 0 saturated carbocycles. The van der Waals surface area contributed by atoms with Crippen LogP contribution in [0.15, 0.2) is 47.8 Å². The zero-order chi connectivity index (χ0) is 19.8. The van der Waals surface area contributed by atoms with Crippen LogP contribution in [0.2, 0.25) is 5.02 Å². The van der Waals surface area contributed by atoms with E-state index in [9.17, 15) is 17.6 Å². The summed E-state index contributed by atoms with van der Waals surface area (Å²) in [4.78, 5) is 20.3. The van der Waals surface area contributed by atoms with Crippen molar-refractivity contribution in [3.05, 3.63) is 65.0 Å². The number of nitrogens with one attached hydrogen (secondary N) is 1. The van der Waals surface area contributed by atoms with E-state index in [2.05, 4.69) is 15.3 Å². The Labute approximate surface area is 159 Å². The van der Waals surface area contributed by atoms with Crippen molar-refractivity contribution in [3.63, 3.8) is 0 Å². The summed E-state index contributed by atoms with van der Waals surface area (Å²) in [6.07, 6.45) is 4.61. The number of benzene rings is 1. The van der Waals surface area contributed by atoms with Gasteiger partial charge in [0.25, 0.3) is 5.91 Å². The van der Waals surface area contributed by atoms with Crippen molar-refractivity contribution in [1.29, 1.82) is 0 Å². The number of hydrogen-bond donors (Lipinski definition) is 1. The standard InChI is InChI=1S/C17H14ClFN4O3S/c1-10-3-11(9-23(10)17-20-7-13(19)8-21-17)16(24)22-14-4-12(18)5-15(6-14)27(2,25)26/h3-9H,1-2H3,(H,22,24). The lowest BCUT2D eigenvalue weighted by atomic mass is 10.2. The number of aryl methyl sites for hydroxylation is 1. The summed E-state index contributed by atoms with van der Waals surface area (Å²) in [5.41, 5.74) is 1.20. The molecule has 2 aromatic heterocycles. The van der Waals surface area contributed by atoms with Gasteiger partial charge < -0.3 is 5.32 Å². The highest BCUT2D eigenvalue weighted by Gasteiger charge is 2.15. The summed E-state index contributed by atoms with van der Waals surface area (Å²) in [6.45, 7) is 1.74. The topological polar surface area (TPSA) is 94.0 Å². The van der Waals surface area contributed by atoms with Crippen LogP contribution < -0.4 is 5.32 Å². The van der Waals surface area contributed by atoms with Crippen LogP contribution in [0.5, 0.6) is 0 Å². The van der Waals surface area contributed by atoms with Crippen molar-refractivity contribution in [2.75, 3.05) is 11.6 Å². The SMILES string of the molecule is Cc1cc(C(=O)Nc2cc(Cl)cc(S(C)(=O)=O)c2)cn1-c1ncc(F)cn1. The molecule has 0 unspecified atom stereocenters. The zero-order valence-corrected chi connectivity index (χ0v) is 15.8. The van der Waals surface area contributed by atoms with Gasteiger partial charge in [0.15, 0.2) is 15.7 Å². The second kappa shape index (κ2) is 7.09. The molecule has 0 spiro atoms. The molecule has 0 aliphatic heterocycles. The number of sulfone groups is 1. The van der Waals surface area contributed by atoms with Gasteiger partial charge >= 0.3 is 0 Å². The Morgan fingerprint density at radius 1 is 1.19 bits per heavy atom. The molecule has 0 aliphatic carbocycles. The summed E-state index contributed by atoms with van der Waals surface area (Å²) < 4.78 is 37.9. The van der Waals surface area contributed by atoms with Crippen LogP contribution in [-0.4, -0.2) is 35.1 Å². The third-order valence-corrected chi connectivity index (χ3v) is 4.96. The van der Waals surface area contributed by atoms with E-state index in [1.807, 2.05) is 0 Å². The molecular weight excluding hydrogens is 395 g/mol. The summed E-state index contributed by atoms with van der Waals surface area (Å²) in [7, 11) is -3.48. The fourth-order valence-corrected chi connectivity index (χ4v) is 3.38. The molecule has 1 aromatic carbocycles. The van der Waals surface area contributed by atoms with Gasteiger partial charge in [0, 0.05) is 28.9 Å². The number of hydrogen-bond acceptors (Lipinski definition) is 5. The third-order valence-electron chi connectivity index (χ3n) is 3.65. The van der Waals surface area contributed by atoms with Crippen LogP contribution in [0.4, 0.5) is 10.1 Å².